The lowest BCUT2D eigenvalue weighted by molar-refractivity contribution is -0.114. The van der Waals surface area contributed by atoms with Gasteiger partial charge in [0.25, 0.3) is 5.91 Å². The van der Waals surface area contributed by atoms with Crippen LogP contribution in [-0.4, -0.2) is 30.9 Å². The molecule has 1 aromatic carbocycles. The van der Waals surface area contributed by atoms with Gasteiger partial charge in [-0.3, -0.25) is 9.59 Å². The molecule has 0 aliphatic carbocycles. The SMILES string of the molecule is CC(=O)Nc1cccc(NC(=O)c2cc(Cl)nc(N(C)C)c2)c1. The molecule has 0 aliphatic rings. The number of aromatic nitrogens is 1. The fourth-order valence-electron chi connectivity index (χ4n) is 1.92. The largest absolute Gasteiger partial charge is 0.363 e. The molecule has 2 amide bonds. The van der Waals surface area contributed by atoms with Crippen LogP contribution in [0.15, 0.2) is 36.4 Å². The lowest BCUT2D eigenvalue weighted by atomic mass is 10.2. The van der Waals surface area contributed by atoms with E-state index in [4.69, 9.17) is 11.6 Å². The van der Waals surface area contributed by atoms with Crippen molar-refractivity contribution in [2.45, 2.75) is 6.92 Å². The highest BCUT2D eigenvalue weighted by atomic mass is 35.5. The van der Waals surface area contributed by atoms with E-state index in [0.717, 1.165) is 0 Å². The van der Waals surface area contributed by atoms with Gasteiger partial charge in [0.15, 0.2) is 0 Å². The van der Waals surface area contributed by atoms with Gasteiger partial charge in [-0.25, -0.2) is 4.98 Å². The quantitative estimate of drug-likeness (QED) is 0.844. The van der Waals surface area contributed by atoms with E-state index < -0.39 is 0 Å². The Hall–Kier alpha value is -2.60. The molecule has 2 rings (SSSR count). The Morgan fingerprint density at radius 2 is 1.74 bits per heavy atom. The van der Waals surface area contributed by atoms with E-state index in [0.29, 0.717) is 22.8 Å². The lowest BCUT2D eigenvalue weighted by Crippen LogP contribution is -2.16. The van der Waals surface area contributed by atoms with Crippen molar-refractivity contribution in [3.63, 3.8) is 0 Å². The first-order valence-corrected chi connectivity index (χ1v) is 7.27. The molecule has 120 valence electrons. The zero-order valence-electron chi connectivity index (χ0n) is 13.1. The summed E-state index contributed by atoms with van der Waals surface area (Å²) in [6.07, 6.45) is 0. The van der Waals surface area contributed by atoms with Crippen LogP contribution in [0.25, 0.3) is 0 Å². The molecule has 2 aromatic rings. The van der Waals surface area contributed by atoms with E-state index in [1.165, 1.54) is 13.0 Å². The molecule has 1 aromatic heterocycles. The predicted molar refractivity (Wildman–Crippen MR) is 92.3 cm³/mol. The molecule has 0 spiro atoms. The predicted octanol–water partition coefficient (Wildman–Crippen LogP) is 3.01. The number of hydrogen-bond acceptors (Lipinski definition) is 4. The van der Waals surface area contributed by atoms with E-state index in [1.807, 2.05) is 14.1 Å². The summed E-state index contributed by atoms with van der Waals surface area (Å²) in [6.45, 7) is 1.42. The summed E-state index contributed by atoms with van der Waals surface area (Å²) in [4.78, 5) is 29.4. The Bertz CT molecular complexity index is 747. The minimum Gasteiger partial charge on any atom is -0.363 e. The Morgan fingerprint density at radius 1 is 1.09 bits per heavy atom. The summed E-state index contributed by atoms with van der Waals surface area (Å²) in [6, 6.07) is 10.0. The second kappa shape index (κ2) is 7.11. The van der Waals surface area contributed by atoms with Crippen LogP contribution in [0.3, 0.4) is 0 Å². The van der Waals surface area contributed by atoms with E-state index in [1.54, 1.807) is 35.2 Å². The molecular formula is C16H17ClN4O2. The van der Waals surface area contributed by atoms with Gasteiger partial charge in [0.2, 0.25) is 5.91 Å². The van der Waals surface area contributed by atoms with Crippen molar-refractivity contribution in [2.24, 2.45) is 0 Å². The normalized spacial score (nSPS) is 10.1. The molecular weight excluding hydrogens is 316 g/mol. The monoisotopic (exact) mass is 332 g/mol. The van der Waals surface area contributed by atoms with Crippen LogP contribution in [-0.2, 0) is 4.79 Å². The fraction of sp³-hybridized carbons (Fsp3) is 0.188. The number of nitrogens with one attached hydrogen (secondary N) is 2. The number of carbonyl (C=O) groups excluding carboxylic acids is 2. The van der Waals surface area contributed by atoms with Crippen molar-refractivity contribution in [3.05, 3.63) is 47.1 Å². The molecule has 0 unspecified atom stereocenters. The average Bonchev–Trinajstić information content (AvgIpc) is 2.46. The molecule has 2 N–H and O–H groups in total. The van der Waals surface area contributed by atoms with Crippen LogP contribution in [0.1, 0.15) is 17.3 Å². The van der Waals surface area contributed by atoms with E-state index in [2.05, 4.69) is 15.6 Å². The number of hydrogen-bond donors (Lipinski definition) is 2. The van der Waals surface area contributed by atoms with Crippen LogP contribution in [0.4, 0.5) is 17.2 Å². The van der Waals surface area contributed by atoms with Crippen LogP contribution in [0.2, 0.25) is 5.15 Å². The van der Waals surface area contributed by atoms with Gasteiger partial charge in [0, 0.05) is 38.0 Å². The minimum absolute atomic E-state index is 0.176. The molecule has 0 bridgehead atoms. The second-order valence-electron chi connectivity index (χ2n) is 5.15. The number of anilines is 3. The van der Waals surface area contributed by atoms with Crippen molar-refractivity contribution < 1.29 is 9.59 Å². The first kappa shape index (κ1) is 16.8. The van der Waals surface area contributed by atoms with Crippen molar-refractivity contribution in [3.8, 4) is 0 Å². The zero-order valence-corrected chi connectivity index (χ0v) is 13.8. The van der Waals surface area contributed by atoms with Crippen molar-refractivity contribution in [1.82, 2.24) is 4.98 Å². The number of carbonyl (C=O) groups is 2. The third kappa shape index (κ3) is 4.69. The molecule has 23 heavy (non-hydrogen) atoms. The van der Waals surface area contributed by atoms with Gasteiger partial charge in [0.05, 0.1) is 0 Å². The van der Waals surface area contributed by atoms with Crippen molar-refractivity contribution >= 4 is 40.6 Å². The molecule has 1 heterocycles. The number of benzene rings is 1. The zero-order chi connectivity index (χ0) is 17.0. The Morgan fingerprint density at radius 3 is 2.35 bits per heavy atom. The first-order chi connectivity index (χ1) is 10.8. The van der Waals surface area contributed by atoms with Crippen molar-refractivity contribution in [1.29, 1.82) is 0 Å². The third-order valence-electron chi connectivity index (χ3n) is 2.94. The number of nitrogens with zero attached hydrogens (tertiary/aromatic N) is 2. The highest BCUT2D eigenvalue weighted by Crippen LogP contribution is 2.19. The summed E-state index contributed by atoms with van der Waals surface area (Å²) >= 11 is 5.96. The fourth-order valence-corrected chi connectivity index (χ4v) is 2.13. The molecule has 6 nitrogen and oxygen atoms in total. The van der Waals surface area contributed by atoms with Crippen LogP contribution in [0, 0.1) is 0 Å². The summed E-state index contributed by atoms with van der Waals surface area (Å²) in [5.41, 5.74) is 1.58. The lowest BCUT2D eigenvalue weighted by Gasteiger charge is -2.13. The van der Waals surface area contributed by atoms with Gasteiger partial charge in [-0.2, -0.15) is 0 Å². The third-order valence-corrected chi connectivity index (χ3v) is 3.14. The number of pyridine rings is 1. The van der Waals surface area contributed by atoms with Gasteiger partial charge in [-0.15, -0.1) is 0 Å². The molecule has 0 saturated heterocycles. The van der Waals surface area contributed by atoms with Gasteiger partial charge in [-0.1, -0.05) is 17.7 Å². The smallest absolute Gasteiger partial charge is 0.255 e. The summed E-state index contributed by atoms with van der Waals surface area (Å²) in [7, 11) is 3.63. The highest BCUT2D eigenvalue weighted by Gasteiger charge is 2.11. The van der Waals surface area contributed by atoms with Gasteiger partial charge in [0.1, 0.15) is 11.0 Å². The summed E-state index contributed by atoms with van der Waals surface area (Å²) in [5, 5.41) is 5.68. The highest BCUT2D eigenvalue weighted by molar-refractivity contribution is 6.30. The Labute approximate surface area is 139 Å². The molecule has 0 fully saturated rings. The maximum Gasteiger partial charge on any atom is 0.255 e. The minimum atomic E-state index is -0.308. The molecule has 0 radical (unpaired) electrons. The standard InChI is InChI=1S/C16H17ClN4O2/c1-10(22)18-12-5-4-6-13(9-12)19-16(23)11-7-14(17)20-15(8-11)21(2)3/h4-9H,1-3H3,(H,18,22)(H,19,23). The summed E-state index contributed by atoms with van der Waals surface area (Å²) in [5.74, 6) is 0.108. The van der Waals surface area contributed by atoms with E-state index in [9.17, 15) is 9.59 Å². The maximum absolute atomic E-state index is 12.4. The number of halogens is 1. The average molecular weight is 333 g/mol. The molecule has 0 aliphatic heterocycles. The Balaban J connectivity index is 2.20. The topological polar surface area (TPSA) is 74.3 Å². The number of amides is 2. The van der Waals surface area contributed by atoms with Crippen LogP contribution < -0.4 is 15.5 Å². The molecule has 7 heteroatoms. The second-order valence-corrected chi connectivity index (χ2v) is 5.53. The first-order valence-electron chi connectivity index (χ1n) is 6.89. The van der Waals surface area contributed by atoms with Crippen molar-refractivity contribution in [2.75, 3.05) is 29.6 Å². The van der Waals surface area contributed by atoms with Crippen LogP contribution >= 0.6 is 11.6 Å². The molecule has 0 saturated carbocycles. The maximum atomic E-state index is 12.4. The molecule has 0 atom stereocenters. The summed E-state index contributed by atoms with van der Waals surface area (Å²) < 4.78 is 0. The van der Waals surface area contributed by atoms with Gasteiger partial charge >= 0.3 is 0 Å². The van der Waals surface area contributed by atoms with Gasteiger partial charge in [-0.05, 0) is 30.3 Å². The van der Waals surface area contributed by atoms with Crippen LogP contribution in [0.5, 0.6) is 0 Å². The van der Waals surface area contributed by atoms with Gasteiger partial charge < -0.3 is 15.5 Å². The number of rotatable bonds is 4. The van der Waals surface area contributed by atoms with E-state index >= 15 is 0 Å². The Kier molecular flexibility index (Phi) is 5.18. The van der Waals surface area contributed by atoms with E-state index in [-0.39, 0.29) is 17.0 Å².